The molecule has 76 valence electrons. The molecule has 0 spiro atoms. The van der Waals surface area contributed by atoms with Crippen LogP contribution in [0.5, 0.6) is 0 Å². The van der Waals surface area contributed by atoms with E-state index >= 15 is 0 Å². The van der Waals surface area contributed by atoms with Gasteiger partial charge in [-0.25, -0.2) is 0 Å². The molecule has 14 heavy (non-hydrogen) atoms. The van der Waals surface area contributed by atoms with Crippen molar-refractivity contribution in [3.8, 4) is 0 Å². The van der Waals surface area contributed by atoms with Crippen molar-refractivity contribution in [2.24, 2.45) is 5.10 Å². The molecule has 1 aromatic heterocycles. The van der Waals surface area contributed by atoms with Crippen molar-refractivity contribution in [3.63, 3.8) is 0 Å². The molecule has 0 saturated heterocycles. The first-order chi connectivity index (χ1) is 6.57. The van der Waals surface area contributed by atoms with Gasteiger partial charge in [0.25, 0.3) is 0 Å². The molecular weight excluding hydrogens is 184 g/mol. The van der Waals surface area contributed by atoms with Gasteiger partial charge in [0.2, 0.25) is 0 Å². The van der Waals surface area contributed by atoms with E-state index in [4.69, 9.17) is 0 Å². The highest BCUT2D eigenvalue weighted by atomic mass is 16.6. The Balaban J connectivity index is 3.17. The summed E-state index contributed by atoms with van der Waals surface area (Å²) in [5.41, 5.74) is 0.885. The summed E-state index contributed by atoms with van der Waals surface area (Å²) in [4.78, 5) is 11.5. The molecule has 0 unspecified atom stereocenters. The van der Waals surface area contributed by atoms with Gasteiger partial charge in [-0.2, -0.15) is 5.10 Å². The van der Waals surface area contributed by atoms with E-state index in [0.717, 1.165) is 6.42 Å². The molecule has 6 nitrogen and oxygen atoms in total. The molecular formula is C8H12N4O2. The standard InChI is InChI=1S/C8H12N4O2/c1-4-5-9-11-7(3)8(12(13)14)6(2)10-11/h5H,4H2,1-3H3. The summed E-state index contributed by atoms with van der Waals surface area (Å²) in [7, 11) is 0. The number of aromatic nitrogens is 2. The summed E-state index contributed by atoms with van der Waals surface area (Å²) in [6.07, 6.45) is 2.43. The smallest absolute Gasteiger partial charge is 0.258 e. The van der Waals surface area contributed by atoms with Gasteiger partial charge in [-0.1, -0.05) is 6.92 Å². The second kappa shape index (κ2) is 3.99. The predicted molar refractivity (Wildman–Crippen MR) is 52.5 cm³/mol. The average Bonchev–Trinajstić information content (AvgIpc) is 2.38. The molecule has 0 radical (unpaired) electrons. The van der Waals surface area contributed by atoms with Gasteiger partial charge in [-0.3, -0.25) is 10.1 Å². The summed E-state index contributed by atoms with van der Waals surface area (Å²) in [5.74, 6) is 0. The fourth-order valence-corrected chi connectivity index (χ4v) is 1.16. The minimum absolute atomic E-state index is 0.0400. The van der Waals surface area contributed by atoms with E-state index in [0.29, 0.717) is 11.4 Å². The predicted octanol–water partition coefficient (Wildman–Crippen LogP) is 1.65. The molecule has 0 N–H and O–H groups in total. The number of hydrogen-bond donors (Lipinski definition) is 0. The fraction of sp³-hybridized carbons (Fsp3) is 0.500. The third-order valence-electron chi connectivity index (χ3n) is 1.79. The number of hydrogen-bond acceptors (Lipinski definition) is 4. The van der Waals surface area contributed by atoms with Crippen LogP contribution >= 0.6 is 0 Å². The molecule has 1 rings (SSSR count). The molecule has 0 aliphatic heterocycles. The van der Waals surface area contributed by atoms with E-state index in [1.54, 1.807) is 20.1 Å². The lowest BCUT2D eigenvalue weighted by Gasteiger charge is -1.92. The minimum atomic E-state index is -0.435. The number of aryl methyl sites for hydroxylation is 1. The normalized spacial score (nSPS) is 11.1. The molecule has 0 aliphatic rings. The average molecular weight is 196 g/mol. The van der Waals surface area contributed by atoms with Crippen LogP contribution in [0.15, 0.2) is 5.10 Å². The molecule has 0 fully saturated rings. The maximum absolute atomic E-state index is 10.6. The van der Waals surface area contributed by atoms with Gasteiger partial charge >= 0.3 is 5.69 Å². The number of nitrogens with zero attached hydrogens (tertiary/aromatic N) is 4. The molecule has 0 saturated carbocycles. The van der Waals surface area contributed by atoms with Gasteiger partial charge in [0.05, 0.1) is 4.92 Å². The van der Waals surface area contributed by atoms with Crippen molar-refractivity contribution in [2.75, 3.05) is 0 Å². The highest BCUT2D eigenvalue weighted by Gasteiger charge is 2.21. The van der Waals surface area contributed by atoms with Crippen LogP contribution in [0.3, 0.4) is 0 Å². The Kier molecular flexibility index (Phi) is 2.95. The zero-order valence-electron chi connectivity index (χ0n) is 8.39. The molecule has 6 heteroatoms. The van der Waals surface area contributed by atoms with Crippen LogP contribution in [0.2, 0.25) is 0 Å². The van der Waals surface area contributed by atoms with Crippen LogP contribution in [-0.2, 0) is 0 Å². The summed E-state index contributed by atoms with van der Waals surface area (Å²) in [6.45, 7) is 5.16. The zero-order valence-corrected chi connectivity index (χ0v) is 8.39. The van der Waals surface area contributed by atoms with E-state index in [2.05, 4.69) is 10.2 Å². The van der Waals surface area contributed by atoms with Crippen LogP contribution in [0.4, 0.5) is 5.69 Å². The molecule has 0 aliphatic carbocycles. The first-order valence-electron chi connectivity index (χ1n) is 4.31. The molecule has 0 bridgehead atoms. The molecule has 1 aromatic rings. The van der Waals surface area contributed by atoms with Crippen molar-refractivity contribution in [1.29, 1.82) is 0 Å². The lowest BCUT2D eigenvalue weighted by Crippen LogP contribution is -1.95. The van der Waals surface area contributed by atoms with E-state index in [-0.39, 0.29) is 5.69 Å². The topological polar surface area (TPSA) is 73.3 Å². The Morgan fingerprint density at radius 1 is 1.64 bits per heavy atom. The SMILES string of the molecule is CCC=Nn1nc(C)c([N+](=O)[O-])c1C. The van der Waals surface area contributed by atoms with Crippen LogP contribution in [0.1, 0.15) is 24.7 Å². The highest BCUT2D eigenvalue weighted by molar-refractivity contribution is 5.56. The summed E-state index contributed by atoms with van der Waals surface area (Å²) in [6, 6.07) is 0. The minimum Gasteiger partial charge on any atom is -0.258 e. The molecule has 1 heterocycles. The van der Waals surface area contributed by atoms with E-state index in [1.165, 1.54) is 4.79 Å². The van der Waals surface area contributed by atoms with Crippen molar-refractivity contribution in [3.05, 3.63) is 21.5 Å². The molecule has 0 amide bonds. The van der Waals surface area contributed by atoms with E-state index in [9.17, 15) is 10.1 Å². The largest absolute Gasteiger partial charge is 0.315 e. The van der Waals surface area contributed by atoms with Crippen molar-refractivity contribution < 1.29 is 4.92 Å². The van der Waals surface area contributed by atoms with Crippen LogP contribution < -0.4 is 0 Å². The lowest BCUT2D eigenvalue weighted by molar-refractivity contribution is -0.386. The van der Waals surface area contributed by atoms with Crippen molar-refractivity contribution in [2.45, 2.75) is 27.2 Å². The third-order valence-corrected chi connectivity index (χ3v) is 1.79. The second-order valence-corrected chi connectivity index (χ2v) is 2.87. The summed E-state index contributed by atoms with van der Waals surface area (Å²) >= 11 is 0. The highest BCUT2D eigenvalue weighted by Crippen LogP contribution is 2.21. The lowest BCUT2D eigenvalue weighted by atomic mass is 10.3. The monoisotopic (exact) mass is 196 g/mol. The van der Waals surface area contributed by atoms with Gasteiger partial charge < -0.3 is 0 Å². The quantitative estimate of drug-likeness (QED) is 0.419. The Bertz CT molecular complexity index is 381. The van der Waals surface area contributed by atoms with Crippen LogP contribution in [0, 0.1) is 24.0 Å². The molecule has 0 aromatic carbocycles. The maximum Gasteiger partial charge on any atom is 0.315 e. The van der Waals surface area contributed by atoms with Crippen molar-refractivity contribution in [1.82, 2.24) is 9.89 Å². The fourth-order valence-electron chi connectivity index (χ4n) is 1.16. The zero-order chi connectivity index (χ0) is 10.7. The number of nitro groups is 1. The second-order valence-electron chi connectivity index (χ2n) is 2.87. The van der Waals surface area contributed by atoms with E-state index < -0.39 is 4.92 Å². The van der Waals surface area contributed by atoms with Crippen LogP contribution in [0.25, 0.3) is 0 Å². The van der Waals surface area contributed by atoms with Gasteiger partial charge in [0, 0.05) is 6.21 Å². The van der Waals surface area contributed by atoms with Gasteiger partial charge in [-0.15, -0.1) is 9.89 Å². The Hall–Kier alpha value is -1.72. The van der Waals surface area contributed by atoms with Gasteiger partial charge in [-0.05, 0) is 20.3 Å². The first kappa shape index (κ1) is 10.4. The van der Waals surface area contributed by atoms with Gasteiger partial charge in [0.1, 0.15) is 11.4 Å². The summed E-state index contributed by atoms with van der Waals surface area (Å²) < 4.78 is 0. The van der Waals surface area contributed by atoms with Crippen LogP contribution in [-0.4, -0.2) is 21.0 Å². The Labute approximate surface area is 81.4 Å². The Morgan fingerprint density at radius 3 is 2.71 bits per heavy atom. The Morgan fingerprint density at radius 2 is 2.29 bits per heavy atom. The van der Waals surface area contributed by atoms with E-state index in [1.807, 2.05) is 6.92 Å². The third kappa shape index (κ3) is 1.78. The summed E-state index contributed by atoms with van der Waals surface area (Å²) in [5, 5.41) is 18.5. The number of rotatable bonds is 3. The first-order valence-corrected chi connectivity index (χ1v) is 4.31. The maximum atomic E-state index is 10.6. The molecule has 0 atom stereocenters. The van der Waals surface area contributed by atoms with Gasteiger partial charge in [0.15, 0.2) is 0 Å². The van der Waals surface area contributed by atoms with Crippen molar-refractivity contribution >= 4 is 11.9 Å².